The van der Waals surface area contributed by atoms with E-state index in [4.69, 9.17) is 14.9 Å². The lowest BCUT2D eigenvalue weighted by atomic mass is 9.89. The zero-order valence-corrected chi connectivity index (χ0v) is 31.8. The van der Waals surface area contributed by atoms with Gasteiger partial charge in [-0.1, -0.05) is 49.4 Å². The molecule has 17 heteroatoms. The van der Waals surface area contributed by atoms with Crippen LogP contribution in [0.3, 0.4) is 0 Å². The van der Waals surface area contributed by atoms with Gasteiger partial charge in [-0.05, 0) is 79.8 Å². The van der Waals surface area contributed by atoms with Crippen molar-refractivity contribution < 1.29 is 46.1 Å². The number of rotatable bonds is 11. The van der Waals surface area contributed by atoms with Gasteiger partial charge in [0, 0.05) is 50.9 Å². The minimum atomic E-state index is -4.58. The van der Waals surface area contributed by atoms with E-state index >= 15 is 0 Å². The molecule has 3 N–H and O–H groups in total. The van der Waals surface area contributed by atoms with Crippen molar-refractivity contribution in [1.29, 1.82) is 0 Å². The molecule has 56 heavy (non-hydrogen) atoms. The normalized spacial score (nSPS) is 16.0. The number of benzene rings is 3. The van der Waals surface area contributed by atoms with Gasteiger partial charge in [-0.2, -0.15) is 13.2 Å². The predicted octanol–water partition coefficient (Wildman–Crippen LogP) is 5.84. The van der Waals surface area contributed by atoms with Crippen LogP contribution in [-0.4, -0.2) is 102 Å². The lowest BCUT2D eigenvalue weighted by Gasteiger charge is -2.36. The minimum Gasteiger partial charge on any atom is -0.479 e. The summed E-state index contributed by atoms with van der Waals surface area (Å²) in [5.74, 6) is -0.953. The molecule has 4 aromatic rings. The molecule has 0 unspecified atom stereocenters. The molecule has 0 bridgehead atoms. The zero-order valence-electron chi connectivity index (χ0n) is 31.0. The number of hydrogen-bond donors (Lipinski definition) is 3. The highest BCUT2D eigenvalue weighted by molar-refractivity contribution is 7.91. The Bertz CT molecular complexity index is 2020. The first-order valence-corrected chi connectivity index (χ1v) is 19.8. The van der Waals surface area contributed by atoms with Gasteiger partial charge in [-0.15, -0.1) is 10.2 Å². The molecule has 300 valence electrons. The molecule has 1 amide bonds. The Labute approximate surface area is 323 Å². The number of carbonyl (C=O) groups is 2. The fourth-order valence-corrected chi connectivity index (χ4v) is 7.58. The molecule has 0 saturated carbocycles. The maximum Gasteiger partial charge on any atom is 0.435 e. The van der Waals surface area contributed by atoms with Crippen molar-refractivity contribution in [3.8, 4) is 11.6 Å². The van der Waals surface area contributed by atoms with Gasteiger partial charge in [0.15, 0.2) is 5.69 Å². The summed E-state index contributed by atoms with van der Waals surface area (Å²) in [7, 11) is -3.77. The molecule has 1 atom stereocenters. The van der Waals surface area contributed by atoms with Crippen LogP contribution < -0.4 is 14.4 Å². The van der Waals surface area contributed by atoms with Gasteiger partial charge in [0.1, 0.15) is 11.9 Å². The van der Waals surface area contributed by atoms with Crippen molar-refractivity contribution in [1.82, 2.24) is 20.0 Å². The van der Waals surface area contributed by atoms with Gasteiger partial charge in [-0.25, -0.2) is 13.2 Å². The molecule has 0 aliphatic carbocycles. The van der Waals surface area contributed by atoms with Crippen molar-refractivity contribution >= 4 is 33.3 Å². The van der Waals surface area contributed by atoms with Crippen LogP contribution in [-0.2, 0) is 26.7 Å². The molecule has 13 nitrogen and oxygen atoms in total. The van der Waals surface area contributed by atoms with E-state index in [0.29, 0.717) is 35.7 Å². The van der Waals surface area contributed by atoms with Crippen molar-refractivity contribution in [3.63, 3.8) is 0 Å². The average Bonchev–Trinajstić information content (AvgIpc) is 3.18. The molecule has 2 fully saturated rings. The number of likely N-dealkylation sites (tertiary alicyclic amines) is 1. The van der Waals surface area contributed by atoms with Gasteiger partial charge in [0.2, 0.25) is 15.9 Å². The number of sulfonamides is 1. The second-order valence-electron chi connectivity index (χ2n) is 13.5. The van der Waals surface area contributed by atoms with Crippen LogP contribution in [0.1, 0.15) is 59.8 Å². The fourth-order valence-electron chi connectivity index (χ4n) is 6.38. The van der Waals surface area contributed by atoms with Crippen LogP contribution >= 0.6 is 0 Å². The van der Waals surface area contributed by atoms with Crippen molar-refractivity contribution in [2.75, 3.05) is 55.4 Å². The first kappa shape index (κ1) is 41.9. The summed E-state index contributed by atoms with van der Waals surface area (Å²) in [5.41, 5.74) is 2.22. The summed E-state index contributed by atoms with van der Waals surface area (Å²) < 4.78 is 73.3. The van der Waals surface area contributed by atoms with Crippen molar-refractivity contribution in [3.05, 3.63) is 107 Å². The largest absolute Gasteiger partial charge is 0.479 e. The molecule has 0 radical (unpaired) electrons. The molecule has 6 rings (SSSR count). The van der Waals surface area contributed by atoms with Gasteiger partial charge >= 0.3 is 12.1 Å². The molecule has 2 aliphatic heterocycles. The zero-order chi connectivity index (χ0) is 40.5. The molecular weight excluding hydrogens is 754 g/mol. The summed E-state index contributed by atoms with van der Waals surface area (Å²) in [4.78, 5) is 29.5. The third-order valence-electron chi connectivity index (χ3n) is 9.51. The number of hydrogen-bond acceptors (Lipinski definition) is 10. The quantitative estimate of drug-likeness (QED) is 0.167. The summed E-state index contributed by atoms with van der Waals surface area (Å²) >= 11 is 0. The lowest BCUT2D eigenvalue weighted by molar-refractivity contribution is -0.145. The first-order chi connectivity index (χ1) is 26.6. The van der Waals surface area contributed by atoms with Crippen LogP contribution in [0.4, 0.5) is 24.5 Å². The number of likely N-dealkylation sites (N-methyl/N-ethyl adjacent to an activating group) is 1. The highest BCUT2D eigenvalue weighted by atomic mass is 32.2. The fraction of sp³-hybridized carbons (Fsp3) is 0.385. The van der Waals surface area contributed by atoms with Crippen LogP contribution in [0.15, 0.2) is 84.9 Å². The monoisotopic (exact) mass is 798 g/mol. The molecule has 3 aromatic carbocycles. The van der Waals surface area contributed by atoms with E-state index in [1.165, 1.54) is 6.92 Å². The molecule has 1 aromatic heterocycles. The number of carboxylic acids is 1. The number of aliphatic hydroxyl groups is 1. The highest BCUT2D eigenvalue weighted by Crippen LogP contribution is 2.34. The molecular formula is C39H45F3N6O7S. The third-order valence-corrected chi connectivity index (χ3v) is 10.8. The second kappa shape index (κ2) is 18.6. The standard InChI is InChI=1S/C36H39F3N6O4S.C3H6O3/c1-2-43-20-22-44(23-21-43)32-13-10-29(24-31(32)42-50(47,48)25-26-6-4-3-5-7-26)35(46)45-18-16-28(17-19-45)27-8-11-30(12-9-27)49-34-15-14-33(40-41-34)36(37,38)39;1-2(4)3(5)6/h3-15,24,28,42H,2,16-23,25H2,1H3;2,4H,1H3,(H,5,6)/t;2-/m.0/s1. The van der Waals surface area contributed by atoms with Gasteiger partial charge in [0.05, 0.1) is 17.1 Å². The number of amides is 1. The SMILES string of the molecule is CCN1CCN(c2ccc(C(=O)N3CCC(c4ccc(Oc5ccc(C(F)(F)F)nn5)cc4)CC3)cc2NS(=O)(=O)Cc2ccccc2)CC1.C[C@H](O)C(=O)O. The van der Waals surface area contributed by atoms with E-state index in [1.54, 1.807) is 53.4 Å². The maximum atomic E-state index is 13.8. The van der Waals surface area contributed by atoms with Crippen molar-refractivity contribution in [2.45, 2.75) is 50.6 Å². The number of carboxylic acid groups (broad SMARTS) is 1. The van der Waals surface area contributed by atoms with Crippen molar-refractivity contribution in [2.24, 2.45) is 0 Å². The Kier molecular flexibility index (Phi) is 13.9. The van der Waals surface area contributed by atoms with E-state index in [-0.39, 0.29) is 23.5 Å². The number of nitrogens with one attached hydrogen (secondary N) is 1. The van der Waals surface area contributed by atoms with E-state index in [0.717, 1.165) is 68.9 Å². The number of nitrogens with zero attached hydrogens (tertiary/aromatic N) is 5. The average molecular weight is 799 g/mol. The minimum absolute atomic E-state index is 0.0446. The Hall–Kier alpha value is -5.26. The maximum absolute atomic E-state index is 13.8. The molecule has 2 saturated heterocycles. The van der Waals surface area contributed by atoms with Crippen LogP contribution in [0.25, 0.3) is 0 Å². The number of piperazine rings is 1. The number of anilines is 2. The van der Waals surface area contributed by atoms with E-state index < -0.39 is 34.0 Å². The van der Waals surface area contributed by atoms with E-state index in [2.05, 4.69) is 31.6 Å². The summed E-state index contributed by atoms with van der Waals surface area (Å²) in [5, 5.41) is 22.5. The molecule has 2 aliphatic rings. The Balaban J connectivity index is 0.000000927. The topological polar surface area (TPSA) is 165 Å². The number of aliphatic hydroxyl groups excluding tert-OH is 1. The van der Waals surface area contributed by atoms with Gasteiger partial charge in [-0.3, -0.25) is 9.52 Å². The van der Waals surface area contributed by atoms with Crippen LogP contribution in [0.2, 0.25) is 0 Å². The number of carbonyl (C=O) groups excluding carboxylic acids is 1. The smallest absolute Gasteiger partial charge is 0.435 e. The van der Waals surface area contributed by atoms with Gasteiger partial charge < -0.3 is 29.6 Å². The Morgan fingerprint density at radius 1 is 0.911 bits per heavy atom. The number of aromatic nitrogens is 2. The van der Waals surface area contributed by atoms with E-state index in [1.807, 2.05) is 24.3 Å². The highest BCUT2D eigenvalue weighted by Gasteiger charge is 2.33. The summed E-state index contributed by atoms with van der Waals surface area (Å²) in [6.07, 6.45) is -4.35. The number of halogens is 3. The summed E-state index contributed by atoms with van der Waals surface area (Å²) in [6, 6.07) is 23.5. The first-order valence-electron chi connectivity index (χ1n) is 18.2. The van der Waals surface area contributed by atoms with Crippen LogP contribution in [0, 0.1) is 0 Å². The number of alkyl halides is 3. The Morgan fingerprint density at radius 3 is 2.11 bits per heavy atom. The number of aliphatic carboxylic acids is 1. The van der Waals surface area contributed by atoms with E-state index in [9.17, 15) is 31.2 Å². The summed E-state index contributed by atoms with van der Waals surface area (Å²) in [6.45, 7) is 8.56. The number of piperidine rings is 1. The number of ether oxygens (including phenoxy) is 1. The predicted molar refractivity (Wildman–Crippen MR) is 204 cm³/mol. The van der Waals surface area contributed by atoms with Crippen LogP contribution in [0.5, 0.6) is 11.6 Å². The lowest BCUT2D eigenvalue weighted by Crippen LogP contribution is -2.46. The third kappa shape index (κ3) is 11.6. The molecule has 0 spiro atoms. The molecule has 3 heterocycles. The van der Waals surface area contributed by atoms with Gasteiger partial charge in [0.25, 0.3) is 5.91 Å². The Morgan fingerprint density at radius 2 is 1.55 bits per heavy atom. The second-order valence-corrected chi connectivity index (χ2v) is 15.2.